The Labute approximate surface area is 116 Å². The van der Waals surface area contributed by atoms with Crippen LogP contribution in [0.5, 0.6) is 0 Å². The first-order valence-electron chi connectivity index (χ1n) is 6.96. The zero-order chi connectivity index (χ0) is 14.3. The van der Waals surface area contributed by atoms with Gasteiger partial charge in [0.15, 0.2) is 0 Å². The Morgan fingerprint density at radius 2 is 2.00 bits per heavy atom. The van der Waals surface area contributed by atoms with E-state index in [-0.39, 0.29) is 5.97 Å². The molecule has 0 saturated heterocycles. The minimum absolute atomic E-state index is 0.223. The summed E-state index contributed by atoms with van der Waals surface area (Å²) in [5.41, 5.74) is 3.73. The van der Waals surface area contributed by atoms with Crippen molar-refractivity contribution in [1.29, 1.82) is 0 Å². The monoisotopic (exact) mass is 260 g/mol. The molecule has 0 aliphatic carbocycles. The summed E-state index contributed by atoms with van der Waals surface area (Å²) in [6, 6.07) is 8.40. The van der Waals surface area contributed by atoms with Gasteiger partial charge >= 0.3 is 5.97 Å². The topological polar surface area (TPSA) is 26.3 Å². The molecule has 0 atom stereocenters. The van der Waals surface area contributed by atoms with Crippen LogP contribution in [0, 0.1) is 0 Å². The number of ether oxygens (including phenoxy) is 1. The summed E-state index contributed by atoms with van der Waals surface area (Å²) in [5, 5.41) is 0. The largest absolute Gasteiger partial charge is 0.461 e. The highest BCUT2D eigenvalue weighted by molar-refractivity contribution is 5.66. The maximum absolute atomic E-state index is 10.9. The summed E-state index contributed by atoms with van der Waals surface area (Å²) in [7, 11) is 0. The summed E-state index contributed by atoms with van der Waals surface area (Å²) >= 11 is 0. The quantitative estimate of drug-likeness (QED) is 0.701. The Kier molecular flexibility index (Phi) is 6.34. The first kappa shape index (κ1) is 15.5. The van der Waals surface area contributed by atoms with Crippen molar-refractivity contribution in [3.63, 3.8) is 0 Å². The maximum Gasteiger partial charge on any atom is 0.302 e. The molecule has 0 saturated carbocycles. The van der Waals surface area contributed by atoms with Crippen molar-refractivity contribution in [3.8, 4) is 0 Å². The van der Waals surface area contributed by atoms with Crippen LogP contribution in [0.15, 0.2) is 29.8 Å². The first-order valence-corrected chi connectivity index (χ1v) is 6.96. The fourth-order valence-corrected chi connectivity index (χ4v) is 2.09. The number of carbonyl (C=O) groups excluding carboxylic acids is 1. The van der Waals surface area contributed by atoms with Gasteiger partial charge in [-0.05, 0) is 29.0 Å². The number of carbonyl (C=O) groups is 1. The highest BCUT2D eigenvalue weighted by Crippen LogP contribution is 2.22. The lowest BCUT2D eigenvalue weighted by Gasteiger charge is -2.12. The highest BCUT2D eigenvalue weighted by atomic mass is 16.5. The molecule has 0 aliphatic heterocycles. The fraction of sp³-hybridized carbons (Fsp3) is 0.471. The molecule has 0 N–H and O–H groups in total. The van der Waals surface area contributed by atoms with E-state index >= 15 is 0 Å². The van der Waals surface area contributed by atoms with Gasteiger partial charge in [0.05, 0.1) is 0 Å². The number of esters is 1. The van der Waals surface area contributed by atoms with Crippen molar-refractivity contribution < 1.29 is 9.53 Å². The van der Waals surface area contributed by atoms with E-state index in [4.69, 9.17) is 4.74 Å². The predicted octanol–water partition coefficient (Wildman–Crippen LogP) is 4.56. The van der Waals surface area contributed by atoms with Crippen LogP contribution < -0.4 is 0 Å². The van der Waals surface area contributed by atoms with Crippen molar-refractivity contribution in [2.24, 2.45) is 0 Å². The third kappa shape index (κ3) is 5.29. The van der Waals surface area contributed by atoms with Crippen LogP contribution in [0.2, 0.25) is 0 Å². The standard InChI is InChI=1S/C17H24O2/c1-5-8-15(12-19-14(4)18)11-16-9-6-7-10-17(16)13(2)3/h6-7,9-11,13H,5,8,12H2,1-4H3. The van der Waals surface area contributed by atoms with E-state index in [9.17, 15) is 4.79 Å². The maximum atomic E-state index is 10.9. The van der Waals surface area contributed by atoms with Gasteiger partial charge in [0.1, 0.15) is 6.61 Å². The number of hydrogen-bond acceptors (Lipinski definition) is 2. The fourth-order valence-electron chi connectivity index (χ4n) is 2.09. The minimum atomic E-state index is -0.223. The third-order valence-corrected chi connectivity index (χ3v) is 3.01. The molecule has 2 nitrogen and oxygen atoms in total. The molecule has 0 heterocycles. The molecular weight excluding hydrogens is 236 g/mol. The number of rotatable bonds is 6. The van der Waals surface area contributed by atoms with Gasteiger partial charge in [-0.3, -0.25) is 4.79 Å². The van der Waals surface area contributed by atoms with E-state index in [0.29, 0.717) is 12.5 Å². The minimum Gasteiger partial charge on any atom is -0.461 e. The van der Waals surface area contributed by atoms with Crippen molar-refractivity contribution in [1.82, 2.24) is 0 Å². The molecule has 1 aromatic rings. The third-order valence-electron chi connectivity index (χ3n) is 3.01. The first-order chi connectivity index (χ1) is 9.04. The molecule has 19 heavy (non-hydrogen) atoms. The van der Waals surface area contributed by atoms with Crippen molar-refractivity contribution in [3.05, 3.63) is 41.0 Å². The Morgan fingerprint density at radius 1 is 1.32 bits per heavy atom. The molecular formula is C17H24O2. The van der Waals surface area contributed by atoms with E-state index in [0.717, 1.165) is 12.8 Å². The SMILES string of the molecule is CCCC(=Cc1ccccc1C(C)C)COC(C)=O. The smallest absolute Gasteiger partial charge is 0.302 e. The molecule has 1 rings (SSSR count). The van der Waals surface area contributed by atoms with Crippen LogP contribution in [0.1, 0.15) is 57.6 Å². The van der Waals surface area contributed by atoms with Crippen LogP contribution in [0.25, 0.3) is 6.08 Å². The van der Waals surface area contributed by atoms with Crippen LogP contribution in [-0.4, -0.2) is 12.6 Å². The molecule has 2 heteroatoms. The van der Waals surface area contributed by atoms with Crippen molar-refractivity contribution >= 4 is 12.0 Å². The second kappa shape index (κ2) is 7.78. The van der Waals surface area contributed by atoms with Gasteiger partial charge in [-0.2, -0.15) is 0 Å². The molecule has 0 spiro atoms. The summed E-state index contributed by atoms with van der Waals surface area (Å²) in [5.74, 6) is 0.267. The summed E-state index contributed by atoms with van der Waals surface area (Å²) in [4.78, 5) is 10.9. The van der Waals surface area contributed by atoms with Crippen molar-refractivity contribution in [2.45, 2.75) is 46.5 Å². The summed E-state index contributed by atoms with van der Waals surface area (Å²) in [6.45, 7) is 8.37. The van der Waals surface area contributed by atoms with E-state index in [1.165, 1.54) is 23.6 Å². The van der Waals surface area contributed by atoms with Gasteiger partial charge in [0, 0.05) is 6.92 Å². The Balaban J connectivity index is 2.97. The van der Waals surface area contributed by atoms with Gasteiger partial charge in [0.25, 0.3) is 0 Å². The molecule has 0 radical (unpaired) electrons. The van der Waals surface area contributed by atoms with E-state index < -0.39 is 0 Å². The van der Waals surface area contributed by atoms with Crippen LogP contribution >= 0.6 is 0 Å². The van der Waals surface area contributed by atoms with Gasteiger partial charge < -0.3 is 4.74 Å². The Hall–Kier alpha value is -1.57. The lowest BCUT2D eigenvalue weighted by molar-refractivity contribution is -0.140. The predicted molar refractivity (Wildman–Crippen MR) is 80.0 cm³/mol. The average molecular weight is 260 g/mol. The zero-order valence-corrected chi connectivity index (χ0v) is 12.4. The van der Waals surface area contributed by atoms with Crippen molar-refractivity contribution in [2.75, 3.05) is 6.61 Å². The molecule has 104 valence electrons. The van der Waals surface area contributed by atoms with E-state index in [1.54, 1.807) is 0 Å². The average Bonchev–Trinajstić information content (AvgIpc) is 2.36. The molecule has 1 aromatic carbocycles. The summed E-state index contributed by atoms with van der Waals surface area (Å²) in [6.07, 6.45) is 4.18. The van der Waals surface area contributed by atoms with Gasteiger partial charge in [-0.1, -0.05) is 57.5 Å². The second-order valence-electron chi connectivity index (χ2n) is 5.12. The molecule has 0 unspecified atom stereocenters. The number of hydrogen-bond donors (Lipinski definition) is 0. The zero-order valence-electron chi connectivity index (χ0n) is 12.4. The number of benzene rings is 1. The van der Waals surface area contributed by atoms with Crippen LogP contribution in [-0.2, 0) is 9.53 Å². The van der Waals surface area contributed by atoms with Gasteiger partial charge in [-0.25, -0.2) is 0 Å². The Bertz CT molecular complexity index is 444. The van der Waals surface area contributed by atoms with Gasteiger partial charge in [-0.15, -0.1) is 0 Å². The Morgan fingerprint density at radius 3 is 2.58 bits per heavy atom. The normalized spacial score (nSPS) is 11.7. The molecule has 0 amide bonds. The highest BCUT2D eigenvalue weighted by Gasteiger charge is 2.06. The molecule has 0 fully saturated rings. The van der Waals surface area contributed by atoms with Crippen LogP contribution in [0.3, 0.4) is 0 Å². The lowest BCUT2D eigenvalue weighted by atomic mass is 9.95. The molecule has 0 aliphatic rings. The lowest BCUT2D eigenvalue weighted by Crippen LogP contribution is -2.03. The second-order valence-corrected chi connectivity index (χ2v) is 5.12. The van der Waals surface area contributed by atoms with E-state index in [1.807, 2.05) is 6.07 Å². The summed E-state index contributed by atoms with van der Waals surface area (Å²) < 4.78 is 5.12. The van der Waals surface area contributed by atoms with Crippen LogP contribution in [0.4, 0.5) is 0 Å². The molecule has 0 bridgehead atoms. The van der Waals surface area contributed by atoms with Gasteiger partial charge in [0.2, 0.25) is 0 Å². The molecule has 0 aromatic heterocycles. The van der Waals surface area contributed by atoms with E-state index in [2.05, 4.69) is 45.0 Å².